The highest BCUT2D eigenvalue weighted by Crippen LogP contribution is 2.22. The molecule has 2 aromatic carbocycles. The molecule has 0 aliphatic rings. The first-order valence-corrected chi connectivity index (χ1v) is 7.17. The Balaban J connectivity index is 1.80. The van der Waals surface area contributed by atoms with Gasteiger partial charge in [-0.2, -0.15) is 4.37 Å². The van der Waals surface area contributed by atoms with Crippen LogP contribution in [0, 0.1) is 0 Å². The van der Waals surface area contributed by atoms with Gasteiger partial charge in [-0.3, -0.25) is 9.59 Å². The second kappa shape index (κ2) is 5.46. The third-order valence-corrected chi connectivity index (χ3v) is 3.94. The number of hydrogen-bond donors (Lipinski definition) is 1. The van der Waals surface area contributed by atoms with Crippen LogP contribution in [0.1, 0.15) is 27.6 Å². The Labute approximate surface area is 125 Å². The van der Waals surface area contributed by atoms with Gasteiger partial charge in [0.25, 0.3) is 5.91 Å². The van der Waals surface area contributed by atoms with Crippen LogP contribution in [0.4, 0.5) is 5.69 Å². The summed E-state index contributed by atoms with van der Waals surface area (Å²) in [6, 6.07) is 12.3. The lowest BCUT2D eigenvalue weighted by atomic mass is 10.1. The van der Waals surface area contributed by atoms with Gasteiger partial charge in [0.2, 0.25) is 0 Å². The minimum atomic E-state index is -0.201. The molecule has 0 saturated heterocycles. The predicted octanol–water partition coefficient (Wildman–Crippen LogP) is 3.75. The normalized spacial score (nSPS) is 10.5. The molecule has 4 nitrogen and oxygen atoms in total. The molecule has 1 N–H and O–H groups in total. The number of benzene rings is 2. The van der Waals surface area contributed by atoms with E-state index in [-0.39, 0.29) is 11.7 Å². The van der Waals surface area contributed by atoms with Crippen molar-refractivity contribution in [2.75, 3.05) is 5.32 Å². The minimum absolute atomic E-state index is 0.0163. The van der Waals surface area contributed by atoms with Crippen LogP contribution in [0.25, 0.3) is 10.1 Å². The van der Waals surface area contributed by atoms with Gasteiger partial charge >= 0.3 is 0 Å². The Morgan fingerprint density at radius 2 is 1.76 bits per heavy atom. The monoisotopic (exact) mass is 296 g/mol. The summed E-state index contributed by atoms with van der Waals surface area (Å²) in [7, 11) is 0. The molecule has 1 heterocycles. The molecule has 104 valence electrons. The number of fused-ring (bicyclic) bond motifs is 1. The van der Waals surface area contributed by atoms with Crippen LogP contribution in [-0.2, 0) is 0 Å². The van der Waals surface area contributed by atoms with Crippen molar-refractivity contribution in [2.45, 2.75) is 6.92 Å². The molecule has 0 aliphatic carbocycles. The van der Waals surface area contributed by atoms with Crippen molar-refractivity contribution in [1.29, 1.82) is 0 Å². The fourth-order valence-corrected chi connectivity index (χ4v) is 2.64. The third kappa shape index (κ3) is 2.83. The molecule has 0 unspecified atom stereocenters. The number of carbonyl (C=O) groups is 2. The molecule has 3 aromatic rings. The minimum Gasteiger partial charge on any atom is -0.322 e. The number of Topliss-reactive ketones (excluding diaryl/α,β-unsaturated/α-hetero) is 1. The Morgan fingerprint density at radius 3 is 2.48 bits per heavy atom. The van der Waals surface area contributed by atoms with Crippen molar-refractivity contribution < 1.29 is 9.59 Å². The van der Waals surface area contributed by atoms with Gasteiger partial charge < -0.3 is 5.32 Å². The highest BCUT2D eigenvalue weighted by Gasteiger charge is 2.08. The van der Waals surface area contributed by atoms with E-state index >= 15 is 0 Å². The number of anilines is 1. The maximum absolute atomic E-state index is 12.2. The number of aromatic nitrogens is 1. The average molecular weight is 296 g/mol. The van der Waals surface area contributed by atoms with Crippen LogP contribution in [0.2, 0.25) is 0 Å². The summed E-state index contributed by atoms with van der Waals surface area (Å²) in [5.74, 6) is -0.218. The molecule has 0 atom stereocenters. The molecule has 21 heavy (non-hydrogen) atoms. The van der Waals surface area contributed by atoms with Crippen LogP contribution < -0.4 is 5.32 Å². The lowest BCUT2D eigenvalue weighted by molar-refractivity contribution is 0.101. The van der Waals surface area contributed by atoms with Gasteiger partial charge in [-0.1, -0.05) is 12.1 Å². The topological polar surface area (TPSA) is 59.1 Å². The van der Waals surface area contributed by atoms with E-state index in [1.54, 1.807) is 30.5 Å². The third-order valence-electron chi connectivity index (χ3n) is 3.16. The van der Waals surface area contributed by atoms with Gasteiger partial charge in [0.05, 0.1) is 4.70 Å². The zero-order valence-corrected chi connectivity index (χ0v) is 12.1. The lowest BCUT2D eigenvalue weighted by Gasteiger charge is -2.06. The maximum Gasteiger partial charge on any atom is 0.255 e. The maximum atomic E-state index is 12.2. The molecular weight excluding hydrogens is 284 g/mol. The van der Waals surface area contributed by atoms with Crippen LogP contribution in [0.3, 0.4) is 0 Å². The van der Waals surface area contributed by atoms with E-state index < -0.39 is 0 Å². The summed E-state index contributed by atoms with van der Waals surface area (Å²) in [6.07, 6.45) is 1.78. The van der Waals surface area contributed by atoms with E-state index in [4.69, 9.17) is 0 Å². The molecule has 0 aliphatic heterocycles. The fraction of sp³-hybridized carbons (Fsp3) is 0.0625. The molecule has 0 fully saturated rings. The molecular formula is C16H12N2O2S. The Hall–Kier alpha value is -2.53. The van der Waals surface area contributed by atoms with Crippen LogP contribution >= 0.6 is 11.5 Å². The van der Waals surface area contributed by atoms with E-state index in [0.29, 0.717) is 11.1 Å². The van der Waals surface area contributed by atoms with Crippen molar-refractivity contribution in [1.82, 2.24) is 4.37 Å². The van der Waals surface area contributed by atoms with Crippen molar-refractivity contribution >= 4 is 39.0 Å². The lowest BCUT2D eigenvalue weighted by Crippen LogP contribution is -2.11. The smallest absolute Gasteiger partial charge is 0.255 e. The summed E-state index contributed by atoms with van der Waals surface area (Å²) in [4.78, 5) is 23.4. The molecule has 3 rings (SSSR count). The summed E-state index contributed by atoms with van der Waals surface area (Å²) in [5, 5.41) is 3.85. The second-order valence-electron chi connectivity index (χ2n) is 4.67. The highest BCUT2D eigenvalue weighted by molar-refractivity contribution is 7.13. The quantitative estimate of drug-likeness (QED) is 0.749. The fourth-order valence-electron chi connectivity index (χ4n) is 2.01. The average Bonchev–Trinajstić information content (AvgIpc) is 2.95. The van der Waals surface area contributed by atoms with E-state index in [1.807, 2.05) is 18.2 Å². The first-order valence-electron chi connectivity index (χ1n) is 6.40. The number of nitrogens with zero attached hydrogens (tertiary/aromatic N) is 1. The van der Waals surface area contributed by atoms with E-state index in [1.165, 1.54) is 18.5 Å². The highest BCUT2D eigenvalue weighted by atomic mass is 32.1. The Kier molecular flexibility index (Phi) is 3.50. The van der Waals surface area contributed by atoms with E-state index in [9.17, 15) is 9.59 Å². The van der Waals surface area contributed by atoms with Crippen LogP contribution in [0.15, 0.2) is 48.7 Å². The standard InChI is InChI=1S/C16H12N2O2S/c1-10(19)11-2-4-12(5-3-11)16(20)18-14-6-7-15-13(8-14)9-17-21-15/h2-9H,1H3,(H,18,20). The number of amides is 1. The van der Waals surface area contributed by atoms with Crippen molar-refractivity contribution in [3.05, 3.63) is 59.8 Å². The van der Waals surface area contributed by atoms with E-state index in [0.717, 1.165) is 15.8 Å². The van der Waals surface area contributed by atoms with Crippen LogP contribution in [-0.4, -0.2) is 16.1 Å². The van der Waals surface area contributed by atoms with Crippen molar-refractivity contribution in [3.8, 4) is 0 Å². The number of carbonyl (C=O) groups excluding carboxylic acids is 2. The molecule has 1 aromatic heterocycles. The zero-order chi connectivity index (χ0) is 14.8. The molecule has 1 amide bonds. The number of hydrogen-bond acceptors (Lipinski definition) is 4. The van der Waals surface area contributed by atoms with Gasteiger partial charge in [0.1, 0.15) is 0 Å². The van der Waals surface area contributed by atoms with Gasteiger partial charge in [0.15, 0.2) is 5.78 Å². The summed E-state index contributed by atoms with van der Waals surface area (Å²) < 4.78 is 5.19. The molecule has 5 heteroatoms. The molecule has 0 bridgehead atoms. The van der Waals surface area contributed by atoms with E-state index in [2.05, 4.69) is 9.69 Å². The summed E-state index contributed by atoms with van der Waals surface area (Å²) >= 11 is 1.42. The predicted molar refractivity (Wildman–Crippen MR) is 84.0 cm³/mol. The Bertz CT molecular complexity index is 822. The second-order valence-corrected chi connectivity index (χ2v) is 5.50. The molecule has 0 saturated carbocycles. The van der Waals surface area contributed by atoms with Gasteiger partial charge in [-0.15, -0.1) is 0 Å². The number of rotatable bonds is 3. The first-order chi connectivity index (χ1) is 10.1. The SMILES string of the molecule is CC(=O)c1ccc(C(=O)Nc2ccc3sncc3c2)cc1. The zero-order valence-electron chi connectivity index (χ0n) is 11.3. The molecule has 0 radical (unpaired) electrons. The van der Waals surface area contributed by atoms with Gasteiger partial charge in [0, 0.05) is 28.4 Å². The van der Waals surface area contributed by atoms with Gasteiger partial charge in [-0.05, 0) is 48.8 Å². The summed E-state index contributed by atoms with van der Waals surface area (Å²) in [6.45, 7) is 1.50. The van der Waals surface area contributed by atoms with Crippen molar-refractivity contribution in [2.24, 2.45) is 0 Å². The first kappa shape index (κ1) is 13.5. The van der Waals surface area contributed by atoms with Gasteiger partial charge in [-0.25, -0.2) is 0 Å². The largest absolute Gasteiger partial charge is 0.322 e. The number of nitrogens with one attached hydrogen (secondary N) is 1. The van der Waals surface area contributed by atoms with Crippen LogP contribution in [0.5, 0.6) is 0 Å². The van der Waals surface area contributed by atoms with Crippen molar-refractivity contribution in [3.63, 3.8) is 0 Å². The molecule has 0 spiro atoms. The summed E-state index contributed by atoms with van der Waals surface area (Å²) in [5.41, 5.74) is 1.84. The Morgan fingerprint density at radius 1 is 1.05 bits per heavy atom. The number of ketones is 1.